The van der Waals surface area contributed by atoms with Crippen LogP contribution in [0.4, 0.5) is 4.39 Å². The summed E-state index contributed by atoms with van der Waals surface area (Å²) >= 11 is 38.3. The third-order valence-corrected chi connectivity index (χ3v) is 9.84. The van der Waals surface area contributed by atoms with Crippen molar-refractivity contribution in [1.29, 1.82) is 0 Å². The number of halogens is 7. The summed E-state index contributed by atoms with van der Waals surface area (Å²) in [6.45, 7) is 0.210. The van der Waals surface area contributed by atoms with Crippen LogP contribution in [0.5, 0.6) is 6.01 Å². The fourth-order valence-corrected chi connectivity index (χ4v) is 6.71. The van der Waals surface area contributed by atoms with Crippen LogP contribution in [0.2, 0.25) is 30.1 Å². The number of nitrogens with zero attached hydrogens (tertiary/aromatic N) is 4. The van der Waals surface area contributed by atoms with E-state index in [0.29, 0.717) is 41.0 Å². The van der Waals surface area contributed by atoms with Crippen molar-refractivity contribution < 1.29 is 9.13 Å². The topological polar surface area (TPSA) is 60.8 Å². The normalized spacial score (nSPS) is 10.8. The third kappa shape index (κ3) is 9.99. The molecule has 0 aliphatic carbocycles. The van der Waals surface area contributed by atoms with E-state index in [1.165, 1.54) is 23.9 Å². The lowest BCUT2D eigenvalue weighted by molar-refractivity contribution is 0.281. The van der Waals surface area contributed by atoms with E-state index >= 15 is 0 Å². The lowest BCUT2D eigenvalue weighted by Gasteiger charge is -2.13. The first-order valence-electron chi connectivity index (χ1n) is 15.7. The molecule has 266 valence electrons. The molecule has 0 aliphatic rings. The molecule has 5 aromatic carbocycles. The van der Waals surface area contributed by atoms with Gasteiger partial charge in [0.1, 0.15) is 12.4 Å². The number of ether oxygens (including phenoxy) is 1. The predicted molar refractivity (Wildman–Crippen MR) is 218 cm³/mol. The van der Waals surface area contributed by atoms with E-state index in [-0.39, 0.29) is 18.4 Å². The van der Waals surface area contributed by atoms with Crippen LogP contribution in [0.25, 0.3) is 44.8 Å². The number of hydrogen-bond donors (Lipinski definition) is 0. The van der Waals surface area contributed by atoms with Gasteiger partial charge in [-0.05, 0) is 72.5 Å². The Hall–Kier alpha value is -3.92. The average Bonchev–Trinajstić information content (AvgIpc) is 3.15. The fourth-order valence-electron chi connectivity index (χ4n) is 5.09. The second-order valence-corrected chi connectivity index (χ2v) is 14.5. The zero-order chi connectivity index (χ0) is 37.5. The molecule has 7 aromatic rings. The Morgan fingerprint density at radius 2 is 1.02 bits per heavy atom. The van der Waals surface area contributed by atoms with Gasteiger partial charge in [-0.2, -0.15) is 4.98 Å². The van der Waals surface area contributed by atoms with Crippen LogP contribution in [0, 0.1) is 5.82 Å². The van der Waals surface area contributed by atoms with E-state index in [4.69, 9.17) is 74.3 Å². The monoisotopic (exact) mass is 838 g/mol. The Labute approximate surface area is 340 Å². The zero-order valence-electron chi connectivity index (χ0n) is 27.5. The van der Waals surface area contributed by atoms with Gasteiger partial charge >= 0.3 is 6.01 Å². The Kier molecular flexibility index (Phi) is 13.1. The molecule has 0 atom stereocenters. The second kappa shape index (κ2) is 17.9. The molecule has 13 heteroatoms. The highest BCUT2D eigenvalue weighted by Gasteiger charge is 2.17. The number of benzene rings is 5. The van der Waals surface area contributed by atoms with Gasteiger partial charge in [0.25, 0.3) is 0 Å². The minimum Gasteiger partial charge on any atom is -0.459 e. The summed E-state index contributed by atoms with van der Waals surface area (Å²) in [7, 11) is 0. The standard InChI is InChI=1S/C23H14Cl3FN2O.C17H11Cl3N2S/c24-16-5-3-15(4-6-16)22-20(19-10-7-17(25)11-21(19)26)12-28-23(29-22)30-13-14-1-8-18(27)9-2-14;1-23-17-21-9-14(13-7-6-12(19)8-15(13)20)16(22-17)10-2-4-11(18)5-3-10/h1-12H,13H2;2-9H,1H3. The first-order valence-corrected chi connectivity index (χ1v) is 19.1. The van der Waals surface area contributed by atoms with E-state index in [9.17, 15) is 4.39 Å². The van der Waals surface area contributed by atoms with Gasteiger partial charge in [0.2, 0.25) is 0 Å². The highest BCUT2D eigenvalue weighted by molar-refractivity contribution is 7.98. The Morgan fingerprint density at radius 1 is 0.547 bits per heavy atom. The summed E-state index contributed by atoms with van der Waals surface area (Å²) in [4.78, 5) is 18.0. The minimum atomic E-state index is -0.302. The Bertz CT molecular complexity index is 2370. The molecular weight excluding hydrogens is 816 g/mol. The molecule has 2 heterocycles. The number of aromatic nitrogens is 4. The summed E-state index contributed by atoms with van der Waals surface area (Å²) < 4.78 is 18.8. The summed E-state index contributed by atoms with van der Waals surface area (Å²) in [6.07, 6.45) is 5.39. The molecular formula is C40H25Cl6FN4OS. The van der Waals surface area contributed by atoms with Crippen LogP contribution < -0.4 is 4.74 Å². The number of thioether (sulfide) groups is 1. The number of rotatable bonds is 8. The van der Waals surface area contributed by atoms with Crippen LogP contribution in [-0.2, 0) is 6.61 Å². The van der Waals surface area contributed by atoms with Gasteiger partial charge < -0.3 is 4.74 Å². The fraction of sp³-hybridized carbons (Fsp3) is 0.0500. The van der Waals surface area contributed by atoms with Gasteiger partial charge in [-0.3, -0.25) is 0 Å². The van der Waals surface area contributed by atoms with Crippen molar-refractivity contribution in [3.8, 4) is 50.8 Å². The lowest BCUT2D eigenvalue weighted by Crippen LogP contribution is -2.02. The lowest BCUT2D eigenvalue weighted by atomic mass is 10.0. The van der Waals surface area contributed by atoms with E-state index in [1.54, 1.807) is 60.9 Å². The molecule has 53 heavy (non-hydrogen) atoms. The zero-order valence-corrected chi connectivity index (χ0v) is 32.9. The molecule has 0 amide bonds. The van der Waals surface area contributed by atoms with E-state index in [2.05, 4.69) is 19.9 Å². The highest BCUT2D eigenvalue weighted by Crippen LogP contribution is 2.38. The first-order chi connectivity index (χ1) is 25.6. The van der Waals surface area contributed by atoms with E-state index in [1.807, 2.05) is 54.8 Å². The molecule has 0 saturated carbocycles. The molecule has 5 nitrogen and oxygen atoms in total. The van der Waals surface area contributed by atoms with Crippen molar-refractivity contribution in [3.05, 3.63) is 163 Å². The van der Waals surface area contributed by atoms with Crippen LogP contribution in [0.1, 0.15) is 5.56 Å². The summed E-state index contributed by atoms with van der Waals surface area (Å²) in [5.41, 5.74) is 7.20. The molecule has 0 bridgehead atoms. The molecule has 0 aliphatic heterocycles. The van der Waals surface area contributed by atoms with Crippen LogP contribution in [0.15, 0.2) is 127 Å². The Balaban J connectivity index is 0.000000188. The van der Waals surface area contributed by atoms with Crippen LogP contribution in [-0.4, -0.2) is 26.2 Å². The molecule has 0 saturated heterocycles. The molecule has 0 radical (unpaired) electrons. The first kappa shape index (κ1) is 38.8. The van der Waals surface area contributed by atoms with Gasteiger partial charge in [0.05, 0.1) is 21.4 Å². The van der Waals surface area contributed by atoms with Gasteiger partial charge in [-0.25, -0.2) is 19.3 Å². The third-order valence-electron chi connectivity index (χ3n) is 7.68. The van der Waals surface area contributed by atoms with Crippen molar-refractivity contribution in [2.24, 2.45) is 0 Å². The molecule has 0 fully saturated rings. The molecule has 7 rings (SSSR count). The smallest absolute Gasteiger partial charge is 0.317 e. The molecule has 2 aromatic heterocycles. The van der Waals surface area contributed by atoms with Crippen molar-refractivity contribution in [3.63, 3.8) is 0 Å². The maximum atomic E-state index is 13.1. The minimum absolute atomic E-state index is 0.193. The van der Waals surface area contributed by atoms with Crippen molar-refractivity contribution >= 4 is 81.4 Å². The van der Waals surface area contributed by atoms with Crippen LogP contribution in [0.3, 0.4) is 0 Å². The maximum absolute atomic E-state index is 13.1. The average molecular weight is 841 g/mol. The van der Waals surface area contributed by atoms with Crippen molar-refractivity contribution in [1.82, 2.24) is 19.9 Å². The van der Waals surface area contributed by atoms with Crippen molar-refractivity contribution in [2.75, 3.05) is 6.26 Å². The summed E-state index contributed by atoms with van der Waals surface area (Å²) in [6, 6.07) is 31.7. The van der Waals surface area contributed by atoms with Gasteiger partial charge in [0.15, 0.2) is 5.16 Å². The number of hydrogen-bond acceptors (Lipinski definition) is 6. The van der Waals surface area contributed by atoms with Gasteiger partial charge in [0, 0.05) is 65.9 Å². The molecule has 0 unspecified atom stereocenters. The van der Waals surface area contributed by atoms with Gasteiger partial charge in [-0.1, -0.05) is 130 Å². The summed E-state index contributed by atoms with van der Waals surface area (Å²) in [5, 5.41) is 4.18. The van der Waals surface area contributed by atoms with E-state index in [0.717, 1.165) is 44.6 Å². The van der Waals surface area contributed by atoms with Gasteiger partial charge in [-0.15, -0.1) is 0 Å². The largest absolute Gasteiger partial charge is 0.459 e. The highest BCUT2D eigenvalue weighted by atomic mass is 35.5. The summed E-state index contributed by atoms with van der Waals surface area (Å²) in [5.74, 6) is -0.302. The molecule has 0 spiro atoms. The van der Waals surface area contributed by atoms with Crippen molar-refractivity contribution in [2.45, 2.75) is 11.8 Å². The predicted octanol–water partition coefficient (Wildman–Crippen LogP) is 14.0. The Morgan fingerprint density at radius 3 is 1.51 bits per heavy atom. The van der Waals surface area contributed by atoms with E-state index < -0.39 is 0 Å². The van der Waals surface area contributed by atoms with Crippen LogP contribution >= 0.6 is 81.4 Å². The molecule has 0 N–H and O–H groups in total. The second-order valence-electron chi connectivity index (χ2n) is 11.2. The quantitative estimate of drug-likeness (QED) is 0.112. The SMILES string of the molecule is CSc1ncc(-c2ccc(Cl)cc2Cl)c(-c2ccc(Cl)cc2)n1.Fc1ccc(COc2ncc(-c3ccc(Cl)cc3Cl)c(-c3ccc(Cl)cc3)n2)cc1. The maximum Gasteiger partial charge on any atom is 0.317 e.